The smallest absolute Gasteiger partial charge is 0.283 e. The first kappa shape index (κ1) is 14.6. The normalized spacial score (nSPS) is 10.5. The highest BCUT2D eigenvalue weighted by molar-refractivity contribution is 7.99. The third kappa shape index (κ3) is 3.37. The molecule has 5 heteroatoms. The fourth-order valence-electron chi connectivity index (χ4n) is 1.91. The molecule has 0 heterocycles. The third-order valence-corrected chi connectivity index (χ3v) is 4.05. The van der Waals surface area contributed by atoms with Crippen LogP contribution in [0.5, 0.6) is 0 Å². The van der Waals surface area contributed by atoms with Gasteiger partial charge in [-0.15, -0.1) is 0 Å². The lowest BCUT2D eigenvalue weighted by molar-refractivity contribution is -0.387. The largest absolute Gasteiger partial charge is 0.316 e. The summed E-state index contributed by atoms with van der Waals surface area (Å²) in [6.07, 6.45) is 0. The minimum Gasteiger partial charge on any atom is -0.316 e. The summed E-state index contributed by atoms with van der Waals surface area (Å²) in [7, 11) is 1.88. The van der Waals surface area contributed by atoms with E-state index in [1.165, 1.54) is 11.8 Å². The van der Waals surface area contributed by atoms with Gasteiger partial charge in [0.1, 0.15) is 0 Å². The number of benzene rings is 2. The van der Waals surface area contributed by atoms with Gasteiger partial charge in [0, 0.05) is 17.5 Å². The van der Waals surface area contributed by atoms with Crippen molar-refractivity contribution in [1.29, 1.82) is 0 Å². The lowest BCUT2D eigenvalue weighted by atomic mass is 10.2. The van der Waals surface area contributed by atoms with Crippen molar-refractivity contribution < 1.29 is 4.92 Å². The van der Waals surface area contributed by atoms with E-state index in [4.69, 9.17) is 0 Å². The van der Waals surface area contributed by atoms with Gasteiger partial charge < -0.3 is 5.32 Å². The number of nitrogens with zero attached hydrogens (tertiary/aromatic N) is 1. The molecular weight excluding hydrogens is 272 g/mol. The molecule has 0 aromatic heterocycles. The fraction of sp³-hybridized carbons (Fsp3) is 0.200. The molecular formula is C15H16N2O2S. The van der Waals surface area contributed by atoms with E-state index in [1.54, 1.807) is 6.07 Å². The zero-order chi connectivity index (χ0) is 14.5. The number of hydrogen-bond donors (Lipinski definition) is 1. The summed E-state index contributed by atoms with van der Waals surface area (Å²) in [5.74, 6) is 0. The summed E-state index contributed by atoms with van der Waals surface area (Å²) in [5, 5.41) is 14.3. The van der Waals surface area contributed by atoms with Gasteiger partial charge in [0.15, 0.2) is 0 Å². The molecule has 2 aromatic rings. The summed E-state index contributed by atoms with van der Waals surface area (Å²) in [6.45, 7) is 2.60. The topological polar surface area (TPSA) is 55.2 Å². The predicted molar refractivity (Wildman–Crippen MR) is 81.2 cm³/mol. The lowest BCUT2D eigenvalue weighted by Crippen LogP contribution is -2.05. The Balaban J connectivity index is 2.37. The van der Waals surface area contributed by atoms with Gasteiger partial charge in [0.05, 0.1) is 9.82 Å². The quantitative estimate of drug-likeness (QED) is 0.672. The van der Waals surface area contributed by atoms with Crippen LogP contribution in [-0.4, -0.2) is 12.0 Å². The van der Waals surface area contributed by atoms with Crippen molar-refractivity contribution >= 4 is 17.4 Å². The minimum atomic E-state index is -0.323. The van der Waals surface area contributed by atoms with Gasteiger partial charge in [0.25, 0.3) is 5.69 Å². The second-order valence-corrected chi connectivity index (χ2v) is 5.55. The van der Waals surface area contributed by atoms with Crippen molar-refractivity contribution in [2.75, 3.05) is 7.05 Å². The Hall–Kier alpha value is -1.85. The van der Waals surface area contributed by atoms with Crippen molar-refractivity contribution in [3.05, 3.63) is 63.7 Å². The van der Waals surface area contributed by atoms with E-state index in [-0.39, 0.29) is 10.6 Å². The molecule has 0 saturated heterocycles. The second kappa shape index (κ2) is 6.54. The fourth-order valence-corrected chi connectivity index (χ4v) is 2.94. The van der Waals surface area contributed by atoms with E-state index in [1.807, 2.05) is 50.4 Å². The lowest BCUT2D eigenvalue weighted by Gasteiger charge is -2.09. The Labute approximate surface area is 122 Å². The summed E-state index contributed by atoms with van der Waals surface area (Å²) in [4.78, 5) is 12.5. The molecule has 0 amide bonds. The van der Waals surface area contributed by atoms with Gasteiger partial charge in [0.2, 0.25) is 0 Å². The van der Waals surface area contributed by atoms with E-state index >= 15 is 0 Å². The predicted octanol–water partition coefficient (Wildman–Crippen LogP) is 3.77. The van der Waals surface area contributed by atoms with Gasteiger partial charge in [-0.05, 0) is 37.2 Å². The Morgan fingerprint density at radius 2 is 1.95 bits per heavy atom. The van der Waals surface area contributed by atoms with Crippen LogP contribution >= 0.6 is 11.8 Å². The van der Waals surface area contributed by atoms with E-state index in [9.17, 15) is 10.1 Å². The zero-order valence-corrected chi connectivity index (χ0v) is 12.2. The maximum Gasteiger partial charge on any atom is 0.283 e. The van der Waals surface area contributed by atoms with Crippen LogP contribution in [0, 0.1) is 17.0 Å². The molecule has 2 rings (SSSR count). The van der Waals surface area contributed by atoms with Crippen LogP contribution < -0.4 is 5.32 Å². The molecule has 2 aromatic carbocycles. The van der Waals surface area contributed by atoms with E-state index in [0.717, 1.165) is 22.6 Å². The zero-order valence-electron chi connectivity index (χ0n) is 11.4. The molecule has 1 N–H and O–H groups in total. The first-order chi connectivity index (χ1) is 9.61. The molecule has 0 unspecified atom stereocenters. The van der Waals surface area contributed by atoms with Gasteiger partial charge >= 0.3 is 0 Å². The molecule has 4 nitrogen and oxygen atoms in total. The molecule has 104 valence electrons. The Morgan fingerprint density at radius 3 is 2.65 bits per heavy atom. The second-order valence-electron chi connectivity index (χ2n) is 4.47. The van der Waals surface area contributed by atoms with Crippen LogP contribution in [0.3, 0.4) is 0 Å². The third-order valence-electron chi connectivity index (χ3n) is 2.87. The Bertz CT molecular complexity index is 629. The molecule has 0 aliphatic heterocycles. The van der Waals surface area contributed by atoms with Crippen molar-refractivity contribution in [2.45, 2.75) is 23.3 Å². The standard InChI is InChI=1S/C15H16N2O2S/c1-11-7-8-15(13(9-11)17(18)19)20-14-6-4-3-5-12(14)10-16-2/h3-9,16H,10H2,1-2H3. The summed E-state index contributed by atoms with van der Waals surface area (Å²) < 4.78 is 0. The highest BCUT2D eigenvalue weighted by Gasteiger charge is 2.15. The summed E-state index contributed by atoms with van der Waals surface area (Å²) >= 11 is 1.44. The Morgan fingerprint density at radius 1 is 1.20 bits per heavy atom. The minimum absolute atomic E-state index is 0.161. The maximum atomic E-state index is 11.2. The molecule has 0 aliphatic rings. The molecule has 20 heavy (non-hydrogen) atoms. The van der Waals surface area contributed by atoms with E-state index in [2.05, 4.69) is 5.32 Å². The first-order valence-electron chi connectivity index (χ1n) is 6.27. The molecule has 0 aliphatic carbocycles. The van der Waals surface area contributed by atoms with Gasteiger partial charge in [-0.2, -0.15) is 0 Å². The van der Waals surface area contributed by atoms with Crippen molar-refractivity contribution in [2.24, 2.45) is 0 Å². The van der Waals surface area contributed by atoms with Crippen molar-refractivity contribution in [3.8, 4) is 0 Å². The van der Waals surface area contributed by atoms with E-state index < -0.39 is 0 Å². The number of nitro benzene ring substituents is 1. The van der Waals surface area contributed by atoms with Gasteiger partial charge in [-0.3, -0.25) is 10.1 Å². The molecule has 0 spiro atoms. The highest BCUT2D eigenvalue weighted by atomic mass is 32.2. The molecule has 0 radical (unpaired) electrons. The van der Waals surface area contributed by atoms with Crippen molar-refractivity contribution in [3.63, 3.8) is 0 Å². The van der Waals surface area contributed by atoms with Crippen LogP contribution in [0.4, 0.5) is 5.69 Å². The van der Waals surface area contributed by atoms with Crippen LogP contribution in [0.25, 0.3) is 0 Å². The van der Waals surface area contributed by atoms with E-state index in [0.29, 0.717) is 4.90 Å². The highest BCUT2D eigenvalue weighted by Crippen LogP contribution is 2.36. The summed E-state index contributed by atoms with van der Waals surface area (Å²) in [5.41, 5.74) is 2.19. The molecule has 0 saturated carbocycles. The summed E-state index contributed by atoms with van der Waals surface area (Å²) in [6, 6.07) is 13.3. The van der Waals surface area contributed by atoms with Crippen LogP contribution in [0.1, 0.15) is 11.1 Å². The maximum absolute atomic E-state index is 11.2. The molecule has 0 atom stereocenters. The average molecular weight is 288 g/mol. The molecule has 0 fully saturated rings. The number of hydrogen-bond acceptors (Lipinski definition) is 4. The Kier molecular flexibility index (Phi) is 4.76. The monoisotopic (exact) mass is 288 g/mol. The van der Waals surface area contributed by atoms with Crippen LogP contribution in [0.15, 0.2) is 52.3 Å². The number of nitro groups is 1. The first-order valence-corrected chi connectivity index (χ1v) is 7.09. The van der Waals surface area contributed by atoms with Gasteiger partial charge in [-0.25, -0.2) is 0 Å². The number of nitrogens with one attached hydrogen (secondary N) is 1. The van der Waals surface area contributed by atoms with Crippen LogP contribution in [0.2, 0.25) is 0 Å². The van der Waals surface area contributed by atoms with Crippen molar-refractivity contribution in [1.82, 2.24) is 5.32 Å². The average Bonchev–Trinajstić information content (AvgIpc) is 2.43. The number of aryl methyl sites for hydroxylation is 1. The number of rotatable bonds is 5. The van der Waals surface area contributed by atoms with Gasteiger partial charge in [-0.1, -0.05) is 36.0 Å². The van der Waals surface area contributed by atoms with Crippen LogP contribution in [-0.2, 0) is 6.54 Å². The SMILES string of the molecule is CNCc1ccccc1Sc1ccc(C)cc1[N+](=O)[O-]. The molecule has 0 bridgehead atoms.